The van der Waals surface area contributed by atoms with E-state index in [1.807, 2.05) is 0 Å². The fourth-order valence-electron chi connectivity index (χ4n) is 3.07. The van der Waals surface area contributed by atoms with E-state index in [1.165, 1.54) is 40.3 Å². The molecule has 0 N–H and O–H groups in total. The molecule has 0 saturated heterocycles. The Balaban J connectivity index is 2.74. The average molecular weight is 300 g/mol. The van der Waals surface area contributed by atoms with Crippen molar-refractivity contribution in [3.8, 4) is 0 Å². The lowest BCUT2D eigenvalue weighted by molar-refractivity contribution is 0.445. The van der Waals surface area contributed by atoms with Crippen molar-refractivity contribution in [3.05, 3.63) is 0 Å². The lowest BCUT2D eigenvalue weighted by atomic mass is 9.96. The van der Waals surface area contributed by atoms with Crippen LogP contribution in [0.25, 0.3) is 0 Å². The zero-order valence-electron chi connectivity index (χ0n) is 13.1. The fraction of sp³-hybridized carbons (Fsp3) is 0.929. The molecule has 1 fully saturated rings. The Kier molecular flexibility index (Phi) is 6.05. The molecule has 4 heteroatoms. The van der Waals surface area contributed by atoms with Crippen molar-refractivity contribution in [3.63, 3.8) is 0 Å². The van der Waals surface area contributed by atoms with Crippen LogP contribution in [0.3, 0.4) is 0 Å². The maximum Gasteiger partial charge on any atom is 0.0597 e. The summed E-state index contributed by atoms with van der Waals surface area (Å²) in [6, 6.07) is 0.593. The smallest absolute Gasteiger partial charge is 0.0597 e. The summed E-state index contributed by atoms with van der Waals surface area (Å²) >= 11 is 0. The first-order chi connectivity index (χ1) is 8.21. The zero-order valence-corrected chi connectivity index (χ0v) is 16.0. The second-order valence-electron chi connectivity index (χ2n) is 7.78. The highest BCUT2D eigenvalue weighted by molar-refractivity contribution is 7.48. The monoisotopic (exact) mass is 299 g/mol. The van der Waals surface area contributed by atoms with Crippen LogP contribution in [0.4, 0.5) is 0 Å². The molecule has 104 valence electrons. The lowest BCUT2D eigenvalue weighted by Crippen LogP contribution is -2.50. The highest BCUT2D eigenvalue weighted by atomic mass is 31.1. The van der Waals surface area contributed by atoms with Gasteiger partial charge in [-0.15, -0.1) is 0 Å². The normalized spacial score (nSPS) is 19.1. The molecule has 1 saturated carbocycles. The summed E-state index contributed by atoms with van der Waals surface area (Å²) in [6.07, 6.45) is 6.76. The Bertz CT molecular complexity index is 302. The van der Waals surface area contributed by atoms with E-state index < -0.39 is 16.1 Å². The third-order valence-electron chi connectivity index (χ3n) is 3.64. The van der Waals surface area contributed by atoms with Crippen LogP contribution in [-0.2, 0) is 0 Å². The summed E-state index contributed by atoms with van der Waals surface area (Å²) in [5.41, 5.74) is 3.43. The minimum atomic E-state index is -1.08. The predicted octanol–water partition coefficient (Wildman–Crippen LogP) is 5.29. The first kappa shape index (κ1) is 16.4. The Morgan fingerprint density at radius 3 is 1.89 bits per heavy atom. The van der Waals surface area contributed by atoms with Crippen LogP contribution in [0.2, 0.25) is 39.3 Å². The molecule has 0 bridgehead atoms. The number of hydrogen-bond donors (Lipinski definition) is 0. The quantitative estimate of drug-likeness (QED) is 0.380. The van der Waals surface area contributed by atoms with Crippen molar-refractivity contribution < 1.29 is 0 Å². The van der Waals surface area contributed by atoms with Gasteiger partial charge in [-0.1, -0.05) is 58.5 Å². The van der Waals surface area contributed by atoms with Gasteiger partial charge in [0.05, 0.1) is 22.2 Å². The minimum absolute atomic E-state index is 0.593. The summed E-state index contributed by atoms with van der Waals surface area (Å²) in [5.74, 6) is 0. The molecule has 18 heavy (non-hydrogen) atoms. The molecule has 0 heterocycles. The third kappa shape index (κ3) is 5.53. The minimum Gasteiger partial charge on any atom is -0.235 e. The molecule has 0 spiro atoms. The van der Waals surface area contributed by atoms with Crippen LogP contribution in [0.15, 0.2) is 4.99 Å². The van der Waals surface area contributed by atoms with Gasteiger partial charge in [0.15, 0.2) is 0 Å². The Morgan fingerprint density at radius 1 is 0.944 bits per heavy atom. The molecule has 0 unspecified atom stereocenters. The van der Waals surface area contributed by atoms with E-state index in [2.05, 4.69) is 44.9 Å². The summed E-state index contributed by atoms with van der Waals surface area (Å²) < 4.78 is 0. The molecule has 0 radical (unpaired) electrons. The van der Waals surface area contributed by atoms with Crippen LogP contribution in [0, 0.1) is 0 Å². The zero-order chi connectivity index (χ0) is 13.8. The number of nitrogens with zero attached hydrogens (tertiary/aromatic N) is 1. The van der Waals surface area contributed by atoms with Crippen LogP contribution in [0.1, 0.15) is 32.1 Å². The van der Waals surface area contributed by atoms with E-state index in [0.29, 0.717) is 6.04 Å². The second kappa shape index (κ2) is 6.65. The highest BCUT2D eigenvalue weighted by Gasteiger charge is 2.36. The molecule has 0 atom stereocenters. The largest absolute Gasteiger partial charge is 0.235 e. The topological polar surface area (TPSA) is 12.4 Å². The third-order valence-corrected chi connectivity index (χ3v) is 18.0. The van der Waals surface area contributed by atoms with E-state index in [-0.39, 0.29) is 0 Å². The lowest BCUT2D eigenvalue weighted by Gasteiger charge is -2.34. The maximum absolute atomic E-state index is 4.73. The number of aliphatic imine (C=N–C) groups is 1. The van der Waals surface area contributed by atoms with Crippen LogP contribution < -0.4 is 0 Å². The van der Waals surface area contributed by atoms with E-state index in [9.17, 15) is 0 Å². The standard InChI is InChI=1S/C14H30NPSi2/c1-17(2,3)14(18(4,5)6)16-12-15-13-10-8-7-9-11-13/h13-14H,7-11H2,1-6H3. The molecular weight excluding hydrogens is 269 g/mol. The van der Waals surface area contributed by atoms with Gasteiger partial charge in [0.2, 0.25) is 0 Å². The van der Waals surface area contributed by atoms with Gasteiger partial charge in [-0.3, -0.25) is 0 Å². The van der Waals surface area contributed by atoms with E-state index in [4.69, 9.17) is 4.99 Å². The van der Waals surface area contributed by atoms with Gasteiger partial charge in [0.25, 0.3) is 0 Å². The Morgan fingerprint density at radius 2 is 1.44 bits per heavy atom. The van der Waals surface area contributed by atoms with Crippen molar-refractivity contribution >= 4 is 29.9 Å². The Hall–Kier alpha value is 0.314. The summed E-state index contributed by atoms with van der Waals surface area (Å²) in [7, 11) is -0.767. The molecule has 0 aliphatic heterocycles. The van der Waals surface area contributed by atoms with E-state index >= 15 is 0 Å². The first-order valence-electron chi connectivity index (χ1n) is 7.36. The fourth-order valence-corrected chi connectivity index (χ4v) is 17.3. The van der Waals surface area contributed by atoms with Crippen LogP contribution >= 0.6 is 8.20 Å². The van der Waals surface area contributed by atoms with Crippen molar-refractivity contribution in [2.45, 2.75) is 82.3 Å². The molecule has 1 aliphatic rings. The molecule has 1 rings (SSSR count). The van der Waals surface area contributed by atoms with Crippen molar-refractivity contribution in [2.75, 3.05) is 0 Å². The van der Waals surface area contributed by atoms with E-state index in [1.54, 1.807) is 0 Å². The first-order valence-corrected chi connectivity index (χ1v) is 15.5. The maximum atomic E-state index is 4.73. The highest BCUT2D eigenvalue weighted by Crippen LogP contribution is 2.29. The molecule has 0 aromatic carbocycles. The van der Waals surface area contributed by atoms with E-state index in [0.717, 1.165) is 4.91 Å². The van der Waals surface area contributed by atoms with Gasteiger partial charge in [0.1, 0.15) is 0 Å². The van der Waals surface area contributed by atoms with Gasteiger partial charge in [-0.2, -0.15) is 0 Å². The molecule has 1 aliphatic carbocycles. The SMILES string of the molecule is C[Si](C)(C)C(P=C=NC1CCCCC1)[Si](C)(C)C. The molecule has 1 nitrogen and oxygen atoms in total. The van der Waals surface area contributed by atoms with Gasteiger partial charge >= 0.3 is 0 Å². The van der Waals surface area contributed by atoms with Crippen molar-refractivity contribution in [1.82, 2.24) is 0 Å². The summed E-state index contributed by atoms with van der Waals surface area (Å²) in [4.78, 5) is 5.62. The molecule has 0 amide bonds. The van der Waals surface area contributed by atoms with Crippen molar-refractivity contribution in [1.29, 1.82) is 0 Å². The van der Waals surface area contributed by atoms with Crippen LogP contribution in [-0.4, -0.2) is 32.7 Å². The predicted molar refractivity (Wildman–Crippen MR) is 91.7 cm³/mol. The van der Waals surface area contributed by atoms with Gasteiger partial charge in [0, 0.05) is 5.59 Å². The van der Waals surface area contributed by atoms with Gasteiger partial charge < -0.3 is 0 Å². The summed E-state index contributed by atoms with van der Waals surface area (Å²) in [6.45, 7) is 15.0. The van der Waals surface area contributed by atoms with Gasteiger partial charge in [-0.25, -0.2) is 4.99 Å². The van der Waals surface area contributed by atoms with Crippen molar-refractivity contribution in [2.24, 2.45) is 4.99 Å². The molecule has 0 aromatic rings. The average Bonchev–Trinajstić information content (AvgIpc) is 2.22. The van der Waals surface area contributed by atoms with Crippen LogP contribution in [0.5, 0.6) is 0 Å². The number of hydrogen-bond acceptors (Lipinski definition) is 1. The second-order valence-corrected chi connectivity index (χ2v) is 20.9. The summed E-state index contributed by atoms with van der Waals surface area (Å²) in [5, 5.41) is 0. The Labute approximate surface area is 117 Å². The number of rotatable bonds is 4. The molecular formula is C14H30NPSi2. The van der Waals surface area contributed by atoms with Gasteiger partial charge in [-0.05, 0) is 26.0 Å². The molecule has 0 aromatic heterocycles.